The number of anilines is 1. The fourth-order valence-corrected chi connectivity index (χ4v) is 3.59. The number of hydrogen-bond acceptors (Lipinski definition) is 3. The summed E-state index contributed by atoms with van der Waals surface area (Å²) in [5.41, 5.74) is 2.19. The summed E-state index contributed by atoms with van der Waals surface area (Å²) in [7, 11) is 0. The predicted octanol–water partition coefficient (Wildman–Crippen LogP) is 4.92. The van der Waals surface area contributed by atoms with Gasteiger partial charge in [-0.3, -0.25) is 9.59 Å². The van der Waals surface area contributed by atoms with E-state index in [4.69, 9.17) is 4.74 Å². The quantitative estimate of drug-likeness (QED) is 0.700. The molecule has 0 aliphatic heterocycles. The van der Waals surface area contributed by atoms with Gasteiger partial charge in [0.05, 0.1) is 11.8 Å². The van der Waals surface area contributed by atoms with Gasteiger partial charge >= 0.3 is 0 Å². The molecule has 0 unspecified atom stereocenters. The van der Waals surface area contributed by atoms with Crippen molar-refractivity contribution in [2.45, 2.75) is 58.6 Å². The third kappa shape index (κ3) is 6.08. The lowest BCUT2D eigenvalue weighted by molar-refractivity contribution is -0.126. The second kappa shape index (κ2) is 10.1. The fraction of sp³-hybridized carbons (Fsp3) is 0.417. The number of nitrogens with one attached hydrogen (secondary N) is 2. The number of hydrogen-bond donors (Lipinski definition) is 2. The van der Waals surface area contributed by atoms with Crippen molar-refractivity contribution in [1.82, 2.24) is 5.32 Å². The molecule has 2 N–H and O–H groups in total. The summed E-state index contributed by atoms with van der Waals surface area (Å²) in [6.45, 7) is 4.39. The minimum absolute atomic E-state index is 0.0242. The summed E-state index contributed by atoms with van der Waals surface area (Å²) in [5, 5.41) is 5.94. The highest BCUT2D eigenvalue weighted by Gasteiger charge is 2.20. The first kappa shape index (κ1) is 20.9. The first-order valence-electron chi connectivity index (χ1n) is 10.5. The molecule has 29 heavy (non-hydrogen) atoms. The van der Waals surface area contributed by atoms with Crippen LogP contribution < -0.4 is 15.4 Å². The lowest BCUT2D eigenvalue weighted by Crippen LogP contribution is -2.31. The topological polar surface area (TPSA) is 67.4 Å². The second-order valence-electron chi connectivity index (χ2n) is 7.87. The van der Waals surface area contributed by atoms with Gasteiger partial charge in [-0.15, -0.1) is 0 Å². The zero-order chi connectivity index (χ0) is 20.6. The van der Waals surface area contributed by atoms with Gasteiger partial charge in [-0.2, -0.15) is 0 Å². The van der Waals surface area contributed by atoms with Gasteiger partial charge in [-0.05, 0) is 56.5 Å². The number of rotatable bonds is 7. The van der Waals surface area contributed by atoms with Gasteiger partial charge < -0.3 is 15.4 Å². The molecule has 1 aliphatic carbocycles. The SMILES string of the molecule is CC(C)Oc1ccccc1NC(=O)c1ccc(CNC(=O)C2CCCCC2)cc1. The summed E-state index contributed by atoms with van der Waals surface area (Å²) < 4.78 is 5.75. The number of ether oxygens (including phenoxy) is 1. The minimum atomic E-state index is -0.192. The monoisotopic (exact) mass is 394 g/mol. The van der Waals surface area contributed by atoms with Crippen LogP contribution in [0.1, 0.15) is 61.9 Å². The average Bonchev–Trinajstić information content (AvgIpc) is 2.74. The van der Waals surface area contributed by atoms with Gasteiger partial charge in [-0.25, -0.2) is 0 Å². The molecule has 0 spiro atoms. The molecule has 1 saturated carbocycles. The van der Waals surface area contributed by atoms with E-state index in [0.717, 1.165) is 31.2 Å². The van der Waals surface area contributed by atoms with Crippen LogP contribution in [0.15, 0.2) is 48.5 Å². The Morgan fingerprint density at radius 3 is 2.38 bits per heavy atom. The van der Waals surface area contributed by atoms with Crippen molar-refractivity contribution < 1.29 is 14.3 Å². The number of para-hydroxylation sites is 2. The van der Waals surface area contributed by atoms with E-state index in [2.05, 4.69) is 10.6 Å². The molecule has 0 bridgehead atoms. The summed E-state index contributed by atoms with van der Waals surface area (Å²) in [4.78, 5) is 24.9. The lowest BCUT2D eigenvalue weighted by Gasteiger charge is -2.20. The third-order valence-corrected chi connectivity index (χ3v) is 5.16. The zero-order valence-corrected chi connectivity index (χ0v) is 17.2. The van der Waals surface area contributed by atoms with Gasteiger partial charge in [0.1, 0.15) is 5.75 Å². The maximum absolute atomic E-state index is 12.6. The molecule has 154 valence electrons. The molecule has 1 aliphatic rings. The average molecular weight is 395 g/mol. The van der Waals surface area contributed by atoms with E-state index < -0.39 is 0 Å². The molecular weight excluding hydrogens is 364 g/mol. The standard InChI is InChI=1S/C24H30N2O3/c1-17(2)29-22-11-7-6-10-21(22)26-24(28)20-14-12-18(13-15-20)16-25-23(27)19-8-4-3-5-9-19/h6-7,10-15,17,19H,3-5,8-9,16H2,1-2H3,(H,25,27)(H,26,28). The van der Waals surface area contributed by atoms with Crippen LogP contribution in [-0.2, 0) is 11.3 Å². The third-order valence-electron chi connectivity index (χ3n) is 5.16. The van der Waals surface area contributed by atoms with Crippen molar-refractivity contribution in [1.29, 1.82) is 0 Å². The Bertz CT molecular complexity index is 824. The smallest absolute Gasteiger partial charge is 0.255 e. The summed E-state index contributed by atoms with van der Waals surface area (Å²) in [6, 6.07) is 14.7. The summed E-state index contributed by atoms with van der Waals surface area (Å²) in [6.07, 6.45) is 5.54. The van der Waals surface area contributed by atoms with Crippen LogP contribution in [0.3, 0.4) is 0 Å². The second-order valence-corrected chi connectivity index (χ2v) is 7.87. The van der Waals surface area contributed by atoms with Crippen LogP contribution in [0.2, 0.25) is 0 Å². The van der Waals surface area contributed by atoms with Gasteiger partial charge in [0.25, 0.3) is 5.91 Å². The first-order chi connectivity index (χ1) is 14.0. The van der Waals surface area contributed by atoms with Gasteiger partial charge in [0, 0.05) is 18.0 Å². The predicted molar refractivity (Wildman–Crippen MR) is 115 cm³/mol. The number of carbonyl (C=O) groups is 2. The van der Waals surface area contributed by atoms with Crippen LogP contribution in [0.4, 0.5) is 5.69 Å². The molecule has 0 saturated heterocycles. The van der Waals surface area contributed by atoms with Crippen LogP contribution in [0, 0.1) is 5.92 Å². The number of carbonyl (C=O) groups excluding carboxylic acids is 2. The van der Waals surface area contributed by atoms with Crippen molar-refractivity contribution >= 4 is 17.5 Å². The van der Waals surface area contributed by atoms with E-state index in [9.17, 15) is 9.59 Å². The van der Waals surface area contributed by atoms with Crippen molar-refractivity contribution in [2.24, 2.45) is 5.92 Å². The van der Waals surface area contributed by atoms with Crippen molar-refractivity contribution in [3.05, 3.63) is 59.7 Å². The van der Waals surface area contributed by atoms with Crippen LogP contribution in [-0.4, -0.2) is 17.9 Å². The largest absolute Gasteiger partial charge is 0.489 e. The van der Waals surface area contributed by atoms with Crippen molar-refractivity contribution in [2.75, 3.05) is 5.32 Å². The van der Waals surface area contributed by atoms with Gasteiger partial charge in [-0.1, -0.05) is 43.5 Å². The van der Waals surface area contributed by atoms with Gasteiger partial charge in [0.15, 0.2) is 0 Å². The highest BCUT2D eigenvalue weighted by atomic mass is 16.5. The molecular formula is C24H30N2O3. The molecule has 1 fully saturated rings. The molecule has 2 aromatic carbocycles. The molecule has 2 aromatic rings. The Morgan fingerprint density at radius 2 is 1.69 bits per heavy atom. The highest BCUT2D eigenvalue weighted by Crippen LogP contribution is 2.26. The lowest BCUT2D eigenvalue weighted by atomic mass is 9.88. The maximum atomic E-state index is 12.6. The van der Waals surface area contributed by atoms with E-state index >= 15 is 0 Å². The molecule has 3 rings (SSSR count). The van der Waals surface area contributed by atoms with Crippen molar-refractivity contribution in [3.8, 4) is 5.75 Å². The van der Waals surface area contributed by atoms with E-state index in [1.807, 2.05) is 50.2 Å². The molecule has 5 heteroatoms. The van der Waals surface area contributed by atoms with Crippen LogP contribution >= 0.6 is 0 Å². The first-order valence-corrected chi connectivity index (χ1v) is 10.5. The minimum Gasteiger partial charge on any atom is -0.489 e. The van der Waals surface area contributed by atoms with Crippen LogP contribution in [0.25, 0.3) is 0 Å². The Kier molecular flexibility index (Phi) is 7.28. The summed E-state index contributed by atoms with van der Waals surface area (Å²) >= 11 is 0. The molecule has 0 atom stereocenters. The number of benzene rings is 2. The Balaban J connectivity index is 1.56. The molecule has 0 heterocycles. The molecule has 2 amide bonds. The van der Waals surface area contributed by atoms with E-state index in [1.54, 1.807) is 12.1 Å². The Labute approximate surface area is 172 Å². The maximum Gasteiger partial charge on any atom is 0.255 e. The number of amides is 2. The normalized spacial score (nSPS) is 14.4. The van der Waals surface area contributed by atoms with E-state index in [0.29, 0.717) is 23.5 Å². The zero-order valence-electron chi connectivity index (χ0n) is 17.2. The van der Waals surface area contributed by atoms with Gasteiger partial charge in [0.2, 0.25) is 5.91 Å². The Hall–Kier alpha value is -2.82. The molecule has 0 radical (unpaired) electrons. The van der Waals surface area contributed by atoms with E-state index in [1.165, 1.54) is 6.42 Å². The summed E-state index contributed by atoms with van der Waals surface area (Å²) in [5.74, 6) is 0.760. The fourth-order valence-electron chi connectivity index (χ4n) is 3.59. The highest BCUT2D eigenvalue weighted by molar-refractivity contribution is 6.05. The van der Waals surface area contributed by atoms with Crippen molar-refractivity contribution in [3.63, 3.8) is 0 Å². The molecule has 5 nitrogen and oxygen atoms in total. The van der Waals surface area contributed by atoms with Crippen LogP contribution in [0.5, 0.6) is 5.75 Å². The van der Waals surface area contributed by atoms with E-state index in [-0.39, 0.29) is 23.8 Å². The molecule has 0 aromatic heterocycles. The Morgan fingerprint density at radius 1 is 1.00 bits per heavy atom.